The lowest BCUT2D eigenvalue weighted by atomic mass is 9.92. The van der Waals surface area contributed by atoms with Gasteiger partial charge in [-0.1, -0.05) is 12.1 Å². The van der Waals surface area contributed by atoms with Crippen LogP contribution in [0.4, 0.5) is 23.5 Å². The van der Waals surface area contributed by atoms with E-state index >= 15 is 0 Å². The summed E-state index contributed by atoms with van der Waals surface area (Å²) in [7, 11) is 0. The number of halogens is 4. The minimum Gasteiger partial charge on any atom is -0.341 e. The molecule has 1 fully saturated rings. The van der Waals surface area contributed by atoms with E-state index in [0.717, 1.165) is 25.9 Å². The standard InChI is InChI=1S/C25H26F4N6O/c26-19-4-2-18(3-5-19)15-35-21-16-34(13-8-20(21)23(32-35)25(27,28)29)22(36)14-17-6-11-33(12-7-17)24-30-9-1-10-31-24/h1-5,9-10,17H,6-8,11-16H2. The van der Waals surface area contributed by atoms with Crippen LogP contribution in [-0.2, 0) is 30.5 Å². The van der Waals surface area contributed by atoms with Crippen molar-refractivity contribution in [1.29, 1.82) is 0 Å². The van der Waals surface area contributed by atoms with Crippen LogP contribution < -0.4 is 4.90 Å². The van der Waals surface area contributed by atoms with Gasteiger partial charge in [0.15, 0.2) is 5.69 Å². The fraction of sp³-hybridized carbons (Fsp3) is 0.440. The van der Waals surface area contributed by atoms with E-state index < -0.39 is 17.7 Å². The molecule has 0 N–H and O–H groups in total. The highest BCUT2D eigenvalue weighted by Gasteiger charge is 2.41. The molecule has 1 saturated heterocycles. The van der Waals surface area contributed by atoms with Gasteiger partial charge in [-0.25, -0.2) is 14.4 Å². The van der Waals surface area contributed by atoms with Gasteiger partial charge in [-0.3, -0.25) is 9.48 Å². The Morgan fingerprint density at radius 1 is 1.03 bits per heavy atom. The number of carbonyl (C=O) groups excluding carboxylic acids is 1. The van der Waals surface area contributed by atoms with Crippen LogP contribution in [0.2, 0.25) is 0 Å². The van der Waals surface area contributed by atoms with Crippen LogP contribution in [-0.4, -0.2) is 50.2 Å². The van der Waals surface area contributed by atoms with Crippen molar-refractivity contribution in [2.45, 2.75) is 44.9 Å². The normalized spacial score (nSPS) is 16.8. The molecular weight excluding hydrogens is 476 g/mol. The molecule has 0 unspecified atom stereocenters. The van der Waals surface area contributed by atoms with Gasteiger partial charge >= 0.3 is 6.18 Å². The van der Waals surface area contributed by atoms with Gasteiger partial charge in [-0.2, -0.15) is 18.3 Å². The van der Waals surface area contributed by atoms with Crippen LogP contribution in [0.25, 0.3) is 0 Å². The molecule has 0 saturated carbocycles. The van der Waals surface area contributed by atoms with Crippen LogP contribution >= 0.6 is 0 Å². The number of alkyl halides is 3. The second kappa shape index (κ2) is 9.87. The van der Waals surface area contributed by atoms with Gasteiger partial charge < -0.3 is 9.80 Å². The third kappa shape index (κ3) is 5.19. The molecule has 2 aromatic heterocycles. The molecule has 7 nitrogen and oxygen atoms in total. The van der Waals surface area contributed by atoms with E-state index in [1.165, 1.54) is 28.9 Å². The Balaban J connectivity index is 1.26. The highest BCUT2D eigenvalue weighted by atomic mass is 19.4. The SMILES string of the molecule is O=C(CC1CCN(c2ncccn2)CC1)N1CCc2c(C(F)(F)F)nn(Cc3ccc(F)cc3)c2C1. The summed E-state index contributed by atoms with van der Waals surface area (Å²) in [4.78, 5) is 25.4. The molecule has 0 radical (unpaired) electrons. The monoisotopic (exact) mass is 502 g/mol. The van der Waals surface area contributed by atoms with Gasteiger partial charge in [0, 0.05) is 44.0 Å². The molecule has 0 bridgehead atoms. The Kier molecular flexibility index (Phi) is 6.63. The average molecular weight is 503 g/mol. The highest BCUT2D eigenvalue weighted by molar-refractivity contribution is 5.76. The molecule has 0 aliphatic carbocycles. The smallest absolute Gasteiger partial charge is 0.341 e. The lowest BCUT2D eigenvalue weighted by Crippen LogP contribution is -2.40. The molecule has 11 heteroatoms. The summed E-state index contributed by atoms with van der Waals surface area (Å²) in [5.74, 6) is 0.406. The number of nitrogens with zero attached hydrogens (tertiary/aromatic N) is 6. The van der Waals surface area contributed by atoms with E-state index in [4.69, 9.17) is 0 Å². The van der Waals surface area contributed by atoms with Crippen molar-refractivity contribution in [2.24, 2.45) is 5.92 Å². The third-order valence-corrected chi connectivity index (χ3v) is 6.92. The van der Waals surface area contributed by atoms with E-state index in [0.29, 0.717) is 23.6 Å². The van der Waals surface area contributed by atoms with Crippen molar-refractivity contribution >= 4 is 11.9 Å². The summed E-state index contributed by atoms with van der Waals surface area (Å²) >= 11 is 0. The van der Waals surface area contributed by atoms with Gasteiger partial charge in [-0.15, -0.1) is 0 Å². The molecule has 190 valence electrons. The van der Waals surface area contributed by atoms with Gasteiger partial charge in [0.25, 0.3) is 0 Å². The van der Waals surface area contributed by atoms with Crippen LogP contribution in [0.15, 0.2) is 42.7 Å². The van der Waals surface area contributed by atoms with Crippen molar-refractivity contribution in [3.05, 3.63) is 71.1 Å². The zero-order chi connectivity index (χ0) is 25.3. The number of anilines is 1. The van der Waals surface area contributed by atoms with Crippen molar-refractivity contribution in [3.8, 4) is 0 Å². The first-order valence-electron chi connectivity index (χ1n) is 12.0. The van der Waals surface area contributed by atoms with E-state index in [2.05, 4.69) is 20.0 Å². The first-order chi connectivity index (χ1) is 17.3. The maximum Gasteiger partial charge on any atom is 0.435 e. The summed E-state index contributed by atoms with van der Waals surface area (Å²) < 4.78 is 55.6. The quantitative estimate of drug-likeness (QED) is 0.492. The number of hydrogen-bond acceptors (Lipinski definition) is 5. The van der Waals surface area contributed by atoms with E-state index in [1.807, 2.05) is 0 Å². The fourth-order valence-electron chi connectivity index (χ4n) is 4.98. The predicted molar refractivity (Wildman–Crippen MR) is 123 cm³/mol. The summed E-state index contributed by atoms with van der Waals surface area (Å²) in [6.45, 7) is 1.89. The molecule has 2 aliphatic rings. The maximum absolute atomic E-state index is 13.7. The van der Waals surface area contributed by atoms with Crippen molar-refractivity contribution in [2.75, 3.05) is 24.5 Å². The molecule has 36 heavy (non-hydrogen) atoms. The summed E-state index contributed by atoms with van der Waals surface area (Å²) in [5.41, 5.74) is 0.266. The minimum absolute atomic E-state index is 0.0573. The molecule has 5 rings (SSSR count). The zero-order valence-corrected chi connectivity index (χ0v) is 19.6. The summed E-state index contributed by atoms with van der Waals surface area (Å²) in [6, 6.07) is 7.34. The number of benzene rings is 1. The second-order valence-corrected chi connectivity index (χ2v) is 9.30. The summed E-state index contributed by atoms with van der Waals surface area (Å²) in [5, 5.41) is 3.87. The van der Waals surface area contributed by atoms with Crippen LogP contribution in [0, 0.1) is 11.7 Å². The van der Waals surface area contributed by atoms with Crippen molar-refractivity contribution in [3.63, 3.8) is 0 Å². The molecule has 1 amide bonds. The van der Waals surface area contributed by atoms with Gasteiger partial charge in [0.05, 0.1) is 18.8 Å². The lowest BCUT2D eigenvalue weighted by Gasteiger charge is -2.34. The fourth-order valence-corrected chi connectivity index (χ4v) is 4.98. The molecule has 2 aliphatic heterocycles. The molecule has 1 aromatic carbocycles. The molecule has 0 spiro atoms. The Hall–Kier alpha value is -3.50. The van der Waals surface area contributed by atoms with E-state index in [9.17, 15) is 22.4 Å². The molecule has 4 heterocycles. The van der Waals surface area contributed by atoms with Crippen molar-refractivity contribution < 1.29 is 22.4 Å². The number of piperidine rings is 1. The molecule has 3 aromatic rings. The maximum atomic E-state index is 13.7. The number of rotatable bonds is 5. The Labute approximate surface area is 205 Å². The average Bonchev–Trinajstić information content (AvgIpc) is 3.24. The zero-order valence-electron chi connectivity index (χ0n) is 19.6. The number of hydrogen-bond donors (Lipinski definition) is 0. The van der Waals surface area contributed by atoms with E-state index in [1.54, 1.807) is 23.4 Å². The summed E-state index contributed by atoms with van der Waals surface area (Å²) in [6.07, 6.45) is 0.926. The first kappa shape index (κ1) is 24.2. The number of amides is 1. The number of aromatic nitrogens is 4. The highest BCUT2D eigenvalue weighted by Crippen LogP contribution is 2.36. The largest absolute Gasteiger partial charge is 0.435 e. The second-order valence-electron chi connectivity index (χ2n) is 9.30. The number of carbonyl (C=O) groups is 1. The Bertz CT molecular complexity index is 1200. The lowest BCUT2D eigenvalue weighted by molar-refractivity contribution is -0.142. The Morgan fingerprint density at radius 2 is 1.72 bits per heavy atom. The predicted octanol–water partition coefficient (Wildman–Crippen LogP) is 4.07. The van der Waals surface area contributed by atoms with Gasteiger partial charge in [0.2, 0.25) is 11.9 Å². The number of fused-ring (bicyclic) bond motifs is 1. The third-order valence-electron chi connectivity index (χ3n) is 6.92. The Morgan fingerprint density at radius 3 is 2.39 bits per heavy atom. The minimum atomic E-state index is -4.58. The molecule has 0 atom stereocenters. The van der Waals surface area contributed by atoms with Crippen LogP contribution in [0.3, 0.4) is 0 Å². The van der Waals surface area contributed by atoms with Crippen molar-refractivity contribution in [1.82, 2.24) is 24.6 Å². The van der Waals surface area contributed by atoms with Crippen LogP contribution in [0.1, 0.15) is 41.8 Å². The first-order valence-corrected chi connectivity index (χ1v) is 12.0. The van der Waals surface area contributed by atoms with Crippen LogP contribution in [0.5, 0.6) is 0 Å². The van der Waals surface area contributed by atoms with E-state index in [-0.39, 0.29) is 43.4 Å². The van der Waals surface area contributed by atoms with Gasteiger partial charge in [-0.05, 0) is 48.9 Å². The molecular formula is C25H26F4N6O. The van der Waals surface area contributed by atoms with Gasteiger partial charge in [0.1, 0.15) is 5.82 Å². The topological polar surface area (TPSA) is 67.2 Å².